The predicted molar refractivity (Wildman–Crippen MR) is 69.9 cm³/mol. The molecule has 1 aromatic heterocycles. The van der Waals surface area contributed by atoms with Gasteiger partial charge in [0.1, 0.15) is 5.82 Å². The average molecular weight is 286 g/mol. The fraction of sp³-hybridized carbons (Fsp3) is 0.692. The highest BCUT2D eigenvalue weighted by molar-refractivity contribution is 5.78. The molecule has 1 aliphatic carbocycles. The Bertz CT molecular complexity index is 463. The quantitative estimate of drug-likeness (QED) is 0.917. The first-order valence-electron chi connectivity index (χ1n) is 6.79. The topological polar surface area (TPSA) is 64.2 Å². The fourth-order valence-electron chi connectivity index (χ4n) is 2.70. The zero-order valence-electron chi connectivity index (χ0n) is 11.5. The van der Waals surface area contributed by atoms with E-state index in [-0.39, 0.29) is 30.2 Å². The van der Waals surface area contributed by atoms with Crippen LogP contribution in [0.3, 0.4) is 0 Å². The second kappa shape index (κ2) is 6.30. The van der Waals surface area contributed by atoms with Gasteiger partial charge in [0, 0.05) is 31.4 Å². The molecular formula is C13H20F2N4O. The molecule has 0 radical (unpaired) electrons. The third kappa shape index (κ3) is 3.33. The Morgan fingerprint density at radius 3 is 3.00 bits per heavy atom. The minimum absolute atomic E-state index is 0.0380. The number of rotatable bonds is 4. The van der Waals surface area contributed by atoms with E-state index in [9.17, 15) is 13.6 Å². The molecule has 1 amide bonds. The third-order valence-corrected chi connectivity index (χ3v) is 3.78. The highest BCUT2D eigenvalue weighted by atomic mass is 19.3. The normalized spacial score (nSPS) is 23.1. The highest BCUT2D eigenvalue weighted by Gasteiger charge is 2.28. The number of carbonyl (C=O) groups is 1. The molecular weight excluding hydrogens is 266 g/mol. The molecule has 5 nitrogen and oxygen atoms in total. The van der Waals surface area contributed by atoms with Crippen LogP contribution in [0, 0.1) is 5.92 Å². The standard InChI is InChI=1S/C13H20F2N4O/c1-18(8-11-17-5-6-19(11)13(14)15)12(20)9-3-2-4-10(16)7-9/h5-6,9-10,13H,2-4,7-8,16H2,1H3. The molecule has 112 valence electrons. The summed E-state index contributed by atoms with van der Waals surface area (Å²) in [5, 5.41) is 0. The van der Waals surface area contributed by atoms with E-state index < -0.39 is 6.55 Å². The summed E-state index contributed by atoms with van der Waals surface area (Å²) in [7, 11) is 1.62. The van der Waals surface area contributed by atoms with E-state index in [1.165, 1.54) is 17.3 Å². The Labute approximate surface area is 116 Å². The van der Waals surface area contributed by atoms with Gasteiger partial charge in [-0.25, -0.2) is 4.98 Å². The van der Waals surface area contributed by atoms with E-state index in [4.69, 9.17) is 5.73 Å². The van der Waals surface area contributed by atoms with Crippen molar-refractivity contribution in [3.8, 4) is 0 Å². The monoisotopic (exact) mass is 286 g/mol. The van der Waals surface area contributed by atoms with Crippen LogP contribution in [0.4, 0.5) is 8.78 Å². The van der Waals surface area contributed by atoms with Gasteiger partial charge in [-0.3, -0.25) is 9.36 Å². The first-order valence-corrected chi connectivity index (χ1v) is 6.79. The Balaban J connectivity index is 1.98. The summed E-state index contributed by atoms with van der Waals surface area (Å²) in [5.74, 6) is 0.0543. The lowest BCUT2D eigenvalue weighted by Gasteiger charge is -2.29. The van der Waals surface area contributed by atoms with E-state index in [1.807, 2.05) is 0 Å². The second-order valence-electron chi connectivity index (χ2n) is 5.35. The molecule has 1 aromatic rings. The minimum Gasteiger partial charge on any atom is -0.338 e. The molecule has 0 bridgehead atoms. The lowest BCUT2D eigenvalue weighted by Crippen LogP contribution is -2.39. The average Bonchev–Trinajstić information content (AvgIpc) is 2.86. The van der Waals surface area contributed by atoms with Gasteiger partial charge in [0.25, 0.3) is 0 Å². The van der Waals surface area contributed by atoms with E-state index in [2.05, 4.69) is 4.98 Å². The number of hydrogen-bond acceptors (Lipinski definition) is 3. The van der Waals surface area contributed by atoms with E-state index in [1.54, 1.807) is 7.05 Å². The van der Waals surface area contributed by atoms with Gasteiger partial charge in [0.05, 0.1) is 6.54 Å². The molecule has 7 heteroatoms. The first-order chi connectivity index (χ1) is 9.49. The number of hydrogen-bond donors (Lipinski definition) is 1. The Morgan fingerprint density at radius 2 is 2.35 bits per heavy atom. The summed E-state index contributed by atoms with van der Waals surface area (Å²) in [6.07, 6.45) is 5.91. The van der Waals surface area contributed by atoms with Crippen LogP contribution in [0.5, 0.6) is 0 Å². The summed E-state index contributed by atoms with van der Waals surface area (Å²) in [5.41, 5.74) is 5.88. The van der Waals surface area contributed by atoms with Gasteiger partial charge in [-0.05, 0) is 19.3 Å². The summed E-state index contributed by atoms with van der Waals surface area (Å²) in [6.45, 7) is -2.55. The second-order valence-corrected chi connectivity index (χ2v) is 5.35. The van der Waals surface area contributed by atoms with Crippen molar-refractivity contribution < 1.29 is 13.6 Å². The van der Waals surface area contributed by atoms with Crippen LogP contribution in [0.2, 0.25) is 0 Å². The molecule has 20 heavy (non-hydrogen) atoms. The molecule has 1 fully saturated rings. The number of halogens is 2. The van der Waals surface area contributed by atoms with Crippen molar-refractivity contribution in [2.24, 2.45) is 11.7 Å². The SMILES string of the molecule is CN(Cc1nccn1C(F)F)C(=O)C1CCCC(N)C1. The van der Waals surface area contributed by atoms with Gasteiger partial charge in [-0.15, -0.1) is 0 Å². The zero-order chi connectivity index (χ0) is 14.7. The molecule has 2 unspecified atom stereocenters. The van der Waals surface area contributed by atoms with Crippen molar-refractivity contribution >= 4 is 5.91 Å². The van der Waals surface area contributed by atoms with Crippen molar-refractivity contribution in [1.82, 2.24) is 14.5 Å². The van der Waals surface area contributed by atoms with Gasteiger partial charge >= 0.3 is 6.55 Å². The molecule has 2 rings (SSSR count). The molecule has 2 N–H and O–H groups in total. The number of carbonyl (C=O) groups excluding carboxylic acids is 1. The van der Waals surface area contributed by atoms with Gasteiger partial charge in [-0.1, -0.05) is 6.42 Å². The maximum Gasteiger partial charge on any atom is 0.319 e. The van der Waals surface area contributed by atoms with Crippen LogP contribution in [-0.2, 0) is 11.3 Å². The van der Waals surface area contributed by atoms with Crippen molar-refractivity contribution in [1.29, 1.82) is 0 Å². The Morgan fingerprint density at radius 1 is 1.60 bits per heavy atom. The van der Waals surface area contributed by atoms with Crippen LogP contribution in [0.15, 0.2) is 12.4 Å². The summed E-state index contributed by atoms with van der Waals surface area (Å²) in [4.78, 5) is 17.6. The number of nitrogens with two attached hydrogens (primary N) is 1. The fourth-order valence-corrected chi connectivity index (χ4v) is 2.70. The van der Waals surface area contributed by atoms with Crippen molar-refractivity contribution in [2.75, 3.05) is 7.05 Å². The third-order valence-electron chi connectivity index (χ3n) is 3.78. The summed E-state index contributed by atoms with van der Waals surface area (Å²) in [6, 6.07) is 0.0640. The molecule has 1 saturated carbocycles. The summed E-state index contributed by atoms with van der Waals surface area (Å²) < 4.78 is 26.2. The number of amides is 1. The molecule has 0 aliphatic heterocycles. The maximum absolute atomic E-state index is 12.7. The molecule has 0 saturated heterocycles. The Kier molecular flexibility index (Phi) is 4.69. The molecule has 2 atom stereocenters. The Hall–Kier alpha value is -1.50. The van der Waals surface area contributed by atoms with Crippen LogP contribution < -0.4 is 5.73 Å². The van der Waals surface area contributed by atoms with Gasteiger partial charge in [0.15, 0.2) is 0 Å². The van der Waals surface area contributed by atoms with Crippen LogP contribution in [0.1, 0.15) is 38.1 Å². The molecule has 1 aliphatic rings. The first kappa shape index (κ1) is 14.9. The predicted octanol–water partition coefficient (Wildman–Crippen LogP) is 1.75. The largest absolute Gasteiger partial charge is 0.338 e. The van der Waals surface area contributed by atoms with Gasteiger partial charge < -0.3 is 10.6 Å². The molecule has 0 spiro atoms. The van der Waals surface area contributed by atoms with Crippen molar-refractivity contribution in [3.05, 3.63) is 18.2 Å². The van der Waals surface area contributed by atoms with Crippen molar-refractivity contribution in [2.45, 2.75) is 44.8 Å². The van der Waals surface area contributed by atoms with Gasteiger partial charge in [-0.2, -0.15) is 8.78 Å². The number of aromatic nitrogens is 2. The number of nitrogens with zero attached hydrogens (tertiary/aromatic N) is 3. The lowest BCUT2D eigenvalue weighted by molar-refractivity contribution is -0.136. The summed E-state index contributed by atoms with van der Waals surface area (Å²) >= 11 is 0. The number of imidazole rings is 1. The van der Waals surface area contributed by atoms with Crippen LogP contribution in [-0.4, -0.2) is 33.4 Å². The molecule has 0 aromatic carbocycles. The minimum atomic E-state index is -2.64. The van der Waals surface area contributed by atoms with E-state index >= 15 is 0 Å². The maximum atomic E-state index is 12.7. The van der Waals surface area contributed by atoms with Crippen LogP contribution >= 0.6 is 0 Å². The van der Waals surface area contributed by atoms with E-state index in [0.29, 0.717) is 6.42 Å². The van der Waals surface area contributed by atoms with E-state index in [0.717, 1.165) is 23.8 Å². The zero-order valence-corrected chi connectivity index (χ0v) is 11.5. The number of alkyl halides is 2. The van der Waals surface area contributed by atoms with Gasteiger partial charge in [0.2, 0.25) is 5.91 Å². The van der Waals surface area contributed by atoms with Crippen LogP contribution in [0.25, 0.3) is 0 Å². The smallest absolute Gasteiger partial charge is 0.319 e. The lowest BCUT2D eigenvalue weighted by atomic mass is 9.85. The van der Waals surface area contributed by atoms with Crippen molar-refractivity contribution in [3.63, 3.8) is 0 Å². The molecule has 1 heterocycles. The highest BCUT2D eigenvalue weighted by Crippen LogP contribution is 2.25.